The molecule has 0 fully saturated rings. The van der Waals surface area contributed by atoms with E-state index >= 15 is 0 Å². The second-order valence-electron chi connectivity index (χ2n) is 5.55. The molecular formula is C16H23N3O3S. The number of benzene rings is 1. The third kappa shape index (κ3) is 3.73. The van der Waals surface area contributed by atoms with Gasteiger partial charge in [0.2, 0.25) is 10.0 Å². The third-order valence-corrected chi connectivity index (χ3v) is 5.62. The number of nitrogens with zero attached hydrogens (tertiary/aromatic N) is 2. The molecule has 0 aliphatic rings. The lowest BCUT2D eigenvalue weighted by molar-refractivity contribution is 0.414. The molecule has 0 bridgehead atoms. The Morgan fingerprint density at radius 3 is 2.48 bits per heavy atom. The van der Waals surface area contributed by atoms with Crippen LogP contribution < -0.4 is 9.46 Å². The van der Waals surface area contributed by atoms with E-state index < -0.39 is 10.0 Å². The third-order valence-electron chi connectivity index (χ3n) is 4.00. The van der Waals surface area contributed by atoms with Crippen molar-refractivity contribution in [1.82, 2.24) is 14.5 Å². The van der Waals surface area contributed by atoms with E-state index in [-0.39, 0.29) is 4.90 Å². The van der Waals surface area contributed by atoms with Crippen LogP contribution >= 0.6 is 0 Å². The van der Waals surface area contributed by atoms with Crippen LogP contribution in [-0.2, 0) is 23.5 Å². The molecule has 126 valence electrons. The largest absolute Gasteiger partial charge is 0.497 e. The zero-order valence-corrected chi connectivity index (χ0v) is 15.0. The summed E-state index contributed by atoms with van der Waals surface area (Å²) in [4.78, 5) is 0.276. The zero-order chi connectivity index (χ0) is 17.2. The number of hydrogen-bond acceptors (Lipinski definition) is 4. The molecule has 2 rings (SSSR count). The standard InChI is InChI=1S/C16H23N3O3S/c1-11-10-14(22-5)6-7-16(11)23(20,21)17-9-8-15-12(2)18-19(4)13(15)3/h6-7,10,17H,8-9H2,1-5H3. The highest BCUT2D eigenvalue weighted by molar-refractivity contribution is 7.89. The van der Waals surface area contributed by atoms with Crippen molar-refractivity contribution in [2.75, 3.05) is 13.7 Å². The minimum Gasteiger partial charge on any atom is -0.497 e. The van der Waals surface area contributed by atoms with Gasteiger partial charge in [-0.25, -0.2) is 13.1 Å². The van der Waals surface area contributed by atoms with Crippen LogP contribution in [0.2, 0.25) is 0 Å². The molecule has 1 heterocycles. The first-order valence-corrected chi connectivity index (χ1v) is 8.88. The topological polar surface area (TPSA) is 73.2 Å². The Morgan fingerprint density at radius 2 is 1.96 bits per heavy atom. The van der Waals surface area contributed by atoms with Crippen molar-refractivity contribution < 1.29 is 13.2 Å². The molecule has 0 atom stereocenters. The van der Waals surface area contributed by atoms with Crippen LogP contribution in [0.1, 0.15) is 22.5 Å². The first-order chi connectivity index (χ1) is 10.8. The molecule has 0 spiro atoms. The fourth-order valence-corrected chi connectivity index (χ4v) is 3.87. The second kappa shape index (κ2) is 6.72. The van der Waals surface area contributed by atoms with Gasteiger partial charge in [-0.1, -0.05) is 0 Å². The van der Waals surface area contributed by atoms with Gasteiger partial charge in [-0.2, -0.15) is 5.10 Å². The Kier molecular flexibility index (Phi) is 5.11. The van der Waals surface area contributed by atoms with Gasteiger partial charge < -0.3 is 4.74 Å². The number of nitrogens with one attached hydrogen (secondary N) is 1. The molecule has 1 aromatic heterocycles. The maximum Gasteiger partial charge on any atom is 0.240 e. The van der Waals surface area contributed by atoms with Crippen LogP contribution in [0.5, 0.6) is 5.75 Å². The Morgan fingerprint density at radius 1 is 1.26 bits per heavy atom. The summed E-state index contributed by atoms with van der Waals surface area (Å²) in [5, 5.41) is 4.34. The fraction of sp³-hybridized carbons (Fsp3) is 0.438. The molecule has 0 radical (unpaired) electrons. The lowest BCUT2D eigenvalue weighted by Gasteiger charge is -2.10. The van der Waals surface area contributed by atoms with Gasteiger partial charge in [0.05, 0.1) is 17.7 Å². The van der Waals surface area contributed by atoms with Crippen molar-refractivity contribution >= 4 is 10.0 Å². The summed E-state index contributed by atoms with van der Waals surface area (Å²) >= 11 is 0. The molecule has 0 saturated carbocycles. The van der Waals surface area contributed by atoms with Gasteiger partial charge in [0.25, 0.3) is 0 Å². The molecule has 0 amide bonds. The number of ether oxygens (including phenoxy) is 1. The smallest absolute Gasteiger partial charge is 0.240 e. The van der Waals surface area contributed by atoms with Crippen molar-refractivity contribution in [2.24, 2.45) is 7.05 Å². The minimum atomic E-state index is -3.54. The van der Waals surface area contributed by atoms with E-state index in [4.69, 9.17) is 4.74 Å². The number of aryl methyl sites for hydroxylation is 3. The van der Waals surface area contributed by atoms with Gasteiger partial charge in [0.1, 0.15) is 5.75 Å². The van der Waals surface area contributed by atoms with Crippen molar-refractivity contribution in [3.63, 3.8) is 0 Å². The Balaban J connectivity index is 2.10. The van der Waals surface area contributed by atoms with Crippen LogP contribution in [0.3, 0.4) is 0 Å². The van der Waals surface area contributed by atoms with Gasteiger partial charge in [-0.15, -0.1) is 0 Å². The van der Waals surface area contributed by atoms with Crippen LogP contribution in [0, 0.1) is 20.8 Å². The van der Waals surface area contributed by atoms with Crippen molar-refractivity contribution in [2.45, 2.75) is 32.1 Å². The Labute approximate surface area is 137 Å². The van der Waals surface area contributed by atoms with E-state index in [1.807, 2.05) is 25.6 Å². The predicted octanol–water partition coefficient (Wildman–Crippen LogP) is 1.87. The van der Waals surface area contributed by atoms with E-state index in [2.05, 4.69) is 9.82 Å². The molecule has 0 aliphatic carbocycles. The molecule has 2 aromatic rings. The number of hydrogen-bond donors (Lipinski definition) is 1. The summed E-state index contributed by atoms with van der Waals surface area (Å²) in [6.45, 7) is 6.01. The summed E-state index contributed by atoms with van der Waals surface area (Å²) < 4.78 is 34.5. The number of methoxy groups -OCH3 is 1. The highest BCUT2D eigenvalue weighted by Gasteiger charge is 2.17. The van der Waals surface area contributed by atoms with E-state index in [1.165, 1.54) is 0 Å². The summed E-state index contributed by atoms with van der Waals surface area (Å²) in [5.74, 6) is 0.642. The normalized spacial score (nSPS) is 11.7. The maximum atomic E-state index is 12.4. The zero-order valence-electron chi connectivity index (χ0n) is 14.2. The molecule has 6 nitrogen and oxygen atoms in total. The van der Waals surface area contributed by atoms with Crippen LogP contribution in [-0.4, -0.2) is 31.9 Å². The summed E-state index contributed by atoms with van der Waals surface area (Å²) in [7, 11) is -0.0968. The SMILES string of the molecule is COc1ccc(S(=O)(=O)NCCc2c(C)nn(C)c2C)c(C)c1. The molecule has 0 saturated heterocycles. The molecule has 1 aromatic carbocycles. The molecule has 23 heavy (non-hydrogen) atoms. The van der Waals surface area contributed by atoms with E-state index in [1.54, 1.807) is 32.2 Å². The summed E-state index contributed by atoms with van der Waals surface area (Å²) in [5.41, 5.74) is 3.74. The Hall–Kier alpha value is -1.86. The summed E-state index contributed by atoms with van der Waals surface area (Å²) in [6.07, 6.45) is 0.611. The summed E-state index contributed by atoms with van der Waals surface area (Å²) in [6, 6.07) is 4.93. The number of sulfonamides is 1. The van der Waals surface area contributed by atoms with Crippen molar-refractivity contribution in [3.8, 4) is 5.75 Å². The number of aromatic nitrogens is 2. The minimum absolute atomic E-state index is 0.276. The molecule has 1 N–H and O–H groups in total. The number of rotatable bonds is 6. The van der Waals surface area contributed by atoms with Crippen molar-refractivity contribution in [1.29, 1.82) is 0 Å². The van der Waals surface area contributed by atoms with E-state index in [9.17, 15) is 8.42 Å². The van der Waals surface area contributed by atoms with Crippen LogP contribution in [0.15, 0.2) is 23.1 Å². The molecule has 7 heteroatoms. The van der Waals surface area contributed by atoms with Gasteiger partial charge >= 0.3 is 0 Å². The second-order valence-corrected chi connectivity index (χ2v) is 7.29. The first-order valence-electron chi connectivity index (χ1n) is 7.39. The van der Waals surface area contributed by atoms with Gasteiger partial charge in [-0.3, -0.25) is 4.68 Å². The maximum absolute atomic E-state index is 12.4. The van der Waals surface area contributed by atoms with Crippen molar-refractivity contribution in [3.05, 3.63) is 40.7 Å². The lowest BCUT2D eigenvalue weighted by Crippen LogP contribution is -2.26. The fourth-order valence-electron chi connectivity index (χ4n) is 2.62. The quantitative estimate of drug-likeness (QED) is 0.873. The molecule has 0 aliphatic heterocycles. The van der Waals surface area contributed by atoms with Gasteiger partial charge in [0, 0.05) is 19.3 Å². The highest BCUT2D eigenvalue weighted by Crippen LogP contribution is 2.21. The molecular weight excluding hydrogens is 314 g/mol. The monoisotopic (exact) mass is 337 g/mol. The predicted molar refractivity (Wildman–Crippen MR) is 89.3 cm³/mol. The van der Waals surface area contributed by atoms with Gasteiger partial charge in [0.15, 0.2) is 0 Å². The lowest BCUT2D eigenvalue weighted by atomic mass is 10.1. The van der Waals surface area contributed by atoms with E-state index in [0.29, 0.717) is 24.3 Å². The Bertz CT molecular complexity index is 810. The van der Waals surface area contributed by atoms with Crippen LogP contribution in [0.25, 0.3) is 0 Å². The highest BCUT2D eigenvalue weighted by atomic mass is 32.2. The molecule has 0 unspecified atom stereocenters. The van der Waals surface area contributed by atoms with E-state index in [0.717, 1.165) is 17.0 Å². The van der Waals surface area contributed by atoms with Crippen LogP contribution in [0.4, 0.5) is 0 Å². The van der Waals surface area contributed by atoms with Gasteiger partial charge in [-0.05, 0) is 56.5 Å². The average Bonchev–Trinajstić information content (AvgIpc) is 2.72. The first kappa shape index (κ1) is 17.5. The average molecular weight is 337 g/mol.